The van der Waals surface area contributed by atoms with Gasteiger partial charge in [-0.1, -0.05) is 84.9 Å². The molecule has 0 amide bonds. The first-order chi connectivity index (χ1) is 18.7. The van der Waals surface area contributed by atoms with Crippen molar-refractivity contribution in [2.75, 3.05) is 20.5 Å². The summed E-state index contributed by atoms with van der Waals surface area (Å²) in [5.74, 6) is 1.55. The predicted molar refractivity (Wildman–Crippen MR) is 158 cm³/mol. The lowest BCUT2D eigenvalue weighted by Crippen LogP contribution is -2.01. The summed E-state index contributed by atoms with van der Waals surface area (Å²) in [6, 6.07) is 39.4. The Morgan fingerprint density at radius 3 is 1.34 bits per heavy atom. The van der Waals surface area contributed by atoms with E-state index in [2.05, 4.69) is 54.6 Å². The van der Waals surface area contributed by atoms with Crippen molar-refractivity contribution in [3.05, 3.63) is 115 Å². The highest BCUT2D eigenvalue weighted by atomic mass is 32.2. The maximum Gasteiger partial charge on any atom is 0.118 e. The van der Waals surface area contributed by atoms with Crippen molar-refractivity contribution in [2.24, 2.45) is 0 Å². The van der Waals surface area contributed by atoms with Gasteiger partial charge in [0.25, 0.3) is 0 Å². The Balaban J connectivity index is 2.01. The fraction of sp³-hybridized carbons (Fsp3) is 0.0882. The zero-order valence-electron chi connectivity index (χ0n) is 21.6. The molecule has 0 atom stereocenters. The lowest BCUT2D eigenvalue weighted by Gasteiger charge is -2.25. The van der Waals surface area contributed by atoms with E-state index in [0.29, 0.717) is 5.56 Å². The van der Waals surface area contributed by atoms with Gasteiger partial charge in [-0.15, -0.1) is 11.8 Å². The summed E-state index contributed by atoms with van der Waals surface area (Å²) in [6.45, 7) is 0. The van der Waals surface area contributed by atoms with Crippen LogP contribution in [0.15, 0.2) is 114 Å². The number of thioether (sulfide) groups is 1. The molecule has 0 fully saturated rings. The second-order valence-corrected chi connectivity index (χ2v) is 9.53. The molecule has 4 heteroatoms. The fourth-order valence-corrected chi connectivity index (χ4v) is 5.68. The van der Waals surface area contributed by atoms with Gasteiger partial charge in [-0.2, -0.15) is 5.26 Å². The molecule has 0 spiro atoms. The van der Waals surface area contributed by atoms with Crippen LogP contribution >= 0.6 is 11.8 Å². The summed E-state index contributed by atoms with van der Waals surface area (Å²) in [7, 11) is 3.33. The first kappa shape index (κ1) is 25.2. The van der Waals surface area contributed by atoms with Crippen LogP contribution in [-0.2, 0) is 0 Å². The zero-order valence-corrected chi connectivity index (χ0v) is 22.4. The zero-order chi connectivity index (χ0) is 26.5. The SMILES string of the molecule is COc1ccc(-c2c(C#N)c(SC)c(-c3ccccc3)c(-c3ccccc3)c2-c2ccc(OC)cc2)cc1. The average Bonchev–Trinajstić information content (AvgIpc) is 3.00. The fourth-order valence-electron chi connectivity index (χ4n) is 4.90. The molecule has 0 heterocycles. The number of hydrogen-bond donors (Lipinski definition) is 0. The third-order valence-corrected chi connectivity index (χ3v) is 7.47. The Morgan fingerprint density at radius 1 is 0.526 bits per heavy atom. The number of nitrogens with zero attached hydrogens (tertiary/aromatic N) is 1. The Bertz CT molecular complexity index is 1590. The van der Waals surface area contributed by atoms with Crippen LogP contribution in [-0.4, -0.2) is 20.5 Å². The summed E-state index contributed by atoms with van der Waals surface area (Å²) in [5, 5.41) is 10.7. The van der Waals surface area contributed by atoms with E-state index in [1.165, 1.54) is 0 Å². The van der Waals surface area contributed by atoms with Gasteiger partial charge in [-0.3, -0.25) is 0 Å². The van der Waals surface area contributed by atoms with E-state index in [1.807, 2.05) is 66.9 Å². The molecule has 0 aromatic heterocycles. The van der Waals surface area contributed by atoms with Crippen molar-refractivity contribution in [1.29, 1.82) is 5.26 Å². The summed E-state index contributed by atoms with van der Waals surface area (Å²) in [6.07, 6.45) is 2.04. The van der Waals surface area contributed by atoms with Gasteiger partial charge in [0, 0.05) is 16.0 Å². The Kier molecular flexibility index (Phi) is 7.49. The maximum absolute atomic E-state index is 10.7. The summed E-state index contributed by atoms with van der Waals surface area (Å²) >= 11 is 1.61. The highest BCUT2D eigenvalue weighted by Gasteiger charge is 2.27. The second kappa shape index (κ2) is 11.3. The van der Waals surface area contributed by atoms with E-state index in [1.54, 1.807) is 26.0 Å². The minimum absolute atomic E-state index is 0.659. The van der Waals surface area contributed by atoms with Crippen molar-refractivity contribution in [3.63, 3.8) is 0 Å². The van der Waals surface area contributed by atoms with Crippen molar-refractivity contribution >= 4 is 11.8 Å². The lowest BCUT2D eigenvalue weighted by molar-refractivity contribution is 0.414. The normalized spacial score (nSPS) is 10.6. The standard InChI is InChI=1S/C34H27NO2S/c1-36-27-18-14-25(15-19-27)30-29(22-35)34(38-3)33(24-12-8-5-9-13-24)32(23-10-6-4-7-11-23)31(30)26-16-20-28(37-2)21-17-26/h4-21H,1-3H3. The average molecular weight is 514 g/mol. The molecule has 0 aliphatic heterocycles. The van der Waals surface area contributed by atoms with Gasteiger partial charge in [0.05, 0.1) is 19.8 Å². The number of nitriles is 1. The van der Waals surface area contributed by atoms with Crippen LogP contribution in [0.1, 0.15) is 5.56 Å². The quantitative estimate of drug-likeness (QED) is 0.204. The number of methoxy groups -OCH3 is 2. The lowest BCUT2D eigenvalue weighted by atomic mass is 9.80. The van der Waals surface area contributed by atoms with E-state index in [0.717, 1.165) is 60.9 Å². The van der Waals surface area contributed by atoms with Crippen LogP contribution in [0.5, 0.6) is 11.5 Å². The van der Waals surface area contributed by atoms with Crippen molar-refractivity contribution in [2.45, 2.75) is 4.90 Å². The van der Waals surface area contributed by atoms with Crippen LogP contribution in [0.4, 0.5) is 0 Å². The van der Waals surface area contributed by atoms with Crippen LogP contribution in [0.2, 0.25) is 0 Å². The minimum Gasteiger partial charge on any atom is -0.497 e. The smallest absolute Gasteiger partial charge is 0.118 e. The molecule has 38 heavy (non-hydrogen) atoms. The largest absolute Gasteiger partial charge is 0.497 e. The van der Waals surface area contributed by atoms with Crippen LogP contribution in [0.3, 0.4) is 0 Å². The molecule has 0 N–H and O–H groups in total. The Morgan fingerprint density at radius 2 is 0.921 bits per heavy atom. The maximum atomic E-state index is 10.7. The molecule has 0 bridgehead atoms. The number of hydrogen-bond acceptors (Lipinski definition) is 4. The molecule has 3 nitrogen and oxygen atoms in total. The van der Waals surface area contributed by atoms with Gasteiger partial charge in [0.2, 0.25) is 0 Å². The summed E-state index contributed by atoms with van der Waals surface area (Å²) in [4.78, 5) is 0.959. The molecule has 5 rings (SSSR count). The van der Waals surface area contributed by atoms with Crippen molar-refractivity contribution in [3.8, 4) is 62.1 Å². The molecule has 5 aromatic rings. The highest BCUT2D eigenvalue weighted by molar-refractivity contribution is 7.98. The molecule has 0 aliphatic rings. The molecule has 0 unspecified atom stereocenters. The van der Waals surface area contributed by atoms with Gasteiger partial charge >= 0.3 is 0 Å². The Labute approximate surface area is 228 Å². The first-order valence-corrected chi connectivity index (χ1v) is 13.5. The van der Waals surface area contributed by atoms with E-state index < -0.39 is 0 Å². The summed E-state index contributed by atoms with van der Waals surface area (Å²) < 4.78 is 10.9. The topological polar surface area (TPSA) is 42.2 Å². The predicted octanol–water partition coefficient (Wildman–Crippen LogP) is 8.97. The van der Waals surface area contributed by atoms with E-state index in [9.17, 15) is 5.26 Å². The van der Waals surface area contributed by atoms with Gasteiger partial charge < -0.3 is 9.47 Å². The molecule has 5 aromatic carbocycles. The monoisotopic (exact) mass is 513 g/mol. The minimum atomic E-state index is 0.659. The highest BCUT2D eigenvalue weighted by Crippen LogP contribution is 2.52. The molecule has 0 aliphatic carbocycles. The van der Waals surface area contributed by atoms with Gasteiger partial charge in [0.1, 0.15) is 17.6 Å². The number of benzene rings is 5. The molecular formula is C34H27NO2S. The first-order valence-electron chi connectivity index (χ1n) is 12.3. The van der Waals surface area contributed by atoms with Crippen LogP contribution in [0, 0.1) is 11.3 Å². The number of rotatable bonds is 7. The van der Waals surface area contributed by atoms with Gasteiger partial charge in [-0.25, -0.2) is 0 Å². The summed E-state index contributed by atoms with van der Waals surface area (Å²) in [5.41, 5.74) is 8.86. The molecule has 0 radical (unpaired) electrons. The van der Waals surface area contributed by atoms with Gasteiger partial charge in [0.15, 0.2) is 0 Å². The van der Waals surface area contributed by atoms with Gasteiger partial charge in [-0.05, 0) is 63.9 Å². The van der Waals surface area contributed by atoms with E-state index in [4.69, 9.17) is 9.47 Å². The van der Waals surface area contributed by atoms with E-state index >= 15 is 0 Å². The van der Waals surface area contributed by atoms with Crippen molar-refractivity contribution in [1.82, 2.24) is 0 Å². The van der Waals surface area contributed by atoms with Crippen molar-refractivity contribution < 1.29 is 9.47 Å². The van der Waals surface area contributed by atoms with E-state index in [-0.39, 0.29) is 0 Å². The van der Waals surface area contributed by atoms with Crippen LogP contribution in [0.25, 0.3) is 44.5 Å². The third kappa shape index (κ3) is 4.65. The molecule has 0 saturated carbocycles. The molecule has 186 valence electrons. The molecule has 0 saturated heterocycles. The van der Waals surface area contributed by atoms with Crippen LogP contribution < -0.4 is 9.47 Å². The Hall–Kier alpha value is -4.46. The molecular weight excluding hydrogens is 486 g/mol. The number of ether oxygens (including phenoxy) is 2. The third-order valence-electron chi connectivity index (χ3n) is 6.65. The second-order valence-electron chi connectivity index (χ2n) is 8.71.